The lowest BCUT2D eigenvalue weighted by atomic mass is 9.93. The van der Waals surface area contributed by atoms with Crippen molar-refractivity contribution in [1.29, 1.82) is 0 Å². The highest BCUT2D eigenvalue weighted by molar-refractivity contribution is 5.85. The number of ether oxygens (including phenoxy) is 1. The maximum absolute atomic E-state index is 12.2. The standard InChI is InChI=1S/C16H18N4O4/c21-14(22)16(13-6-7-13,9-20-11-17-10-18-20)19-15(23)24-8-12-4-2-1-3-5-12/h1-5,10-11,13H,6-9H2,(H,19,23)(H,21,22). The Kier molecular flexibility index (Phi) is 4.45. The quantitative estimate of drug-likeness (QED) is 0.795. The van der Waals surface area contributed by atoms with E-state index in [1.165, 1.54) is 17.3 Å². The fourth-order valence-electron chi connectivity index (χ4n) is 2.65. The van der Waals surface area contributed by atoms with Gasteiger partial charge in [0.15, 0.2) is 5.54 Å². The van der Waals surface area contributed by atoms with Gasteiger partial charge in [-0.3, -0.25) is 0 Å². The number of nitrogens with zero attached hydrogens (tertiary/aromatic N) is 3. The van der Waals surface area contributed by atoms with Crippen LogP contribution >= 0.6 is 0 Å². The predicted molar refractivity (Wildman–Crippen MR) is 82.9 cm³/mol. The van der Waals surface area contributed by atoms with E-state index in [0.29, 0.717) is 0 Å². The van der Waals surface area contributed by atoms with Gasteiger partial charge in [-0.15, -0.1) is 0 Å². The molecule has 3 rings (SSSR count). The van der Waals surface area contributed by atoms with Gasteiger partial charge in [-0.25, -0.2) is 19.3 Å². The maximum Gasteiger partial charge on any atom is 0.408 e. The molecule has 1 aliphatic rings. The molecule has 1 aromatic carbocycles. The topological polar surface area (TPSA) is 106 Å². The molecule has 0 saturated heterocycles. The van der Waals surface area contributed by atoms with Gasteiger partial charge >= 0.3 is 12.1 Å². The summed E-state index contributed by atoms with van der Waals surface area (Å²) in [6.07, 6.45) is 3.47. The number of carbonyl (C=O) groups excluding carboxylic acids is 1. The summed E-state index contributed by atoms with van der Waals surface area (Å²) in [5.41, 5.74) is -0.613. The van der Waals surface area contributed by atoms with E-state index in [0.717, 1.165) is 18.4 Å². The molecular formula is C16H18N4O4. The fourth-order valence-corrected chi connectivity index (χ4v) is 2.65. The van der Waals surface area contributed by atoms with Gasteiger partial charge in [0.2, 0.25) is 0 Å². The van der Waals surface area contributed by atoms with Crippen molar-refractivity contribution in [3.8, 4) is 0 Å². The third-order valence-electron chi connectivity index (χ3n) is 4.07. The molecule has 1 saturated carbocycles. The number of amides is 1. The van der Waals surface area contributed by atoms with E-state index in [9.17, 15) is 14.7 Å². The minimum absolute atomic E-state index is 0.00738. The summed E-state index contributed by atoms with van der Waals surface area (Å²) in [5.74, 6) is -1.25. The van der Waals surface area contributed by atoms with Crippen LogP contribution in [-0.4, -0.2) is 37.5 Å². The third-order valence-corrected chi connectivity index (χ3v) is 4.07. The highest BCUT2D eigenvalue weighted by Crippen LogP contribution is 2.41. The Hall–Kier alpha value is -2.90. The van der Waals surface area contributed by atoms with E-state index in [1.54, 1.807) is 0 Å². The van der Waals surface area contributed by atoms with Crippen LogP contribution in [0, 0.1) is 5.92 Å². The number of rotatable bonds is 7. The number of carboxylic acids is 1. The van der Waals surface area contributed by atoms with Crippen molar-refractivity contribution >= 4 is 12.1 Å². The van der Waals surface area contributed by atoms with Crippen LogP contribution in [0.2, 0.25) is 0 Å². The highest BCUT2D eigenvalue weighted by Gasteiger charge is 2.53. The molecule has 2 aromatic rings. The van der Waals surface area contributed by atoms with E-state index in [1.807, 2.05) is 30.3 Å². The number of hydrogen-bond donors (Lipinski definition) is 2. The van der Waals surface area contributed by atoms with Gasteiger partial charge in [-0.1, -0.05) is 30.3 Å². The molecule has 8 heteroatoms. The molecular weight excluding hydrogens is 312 g/mol. The van der Waals surface area contributed by atoms with Crippen molar-refractivity contribution in [2.75, 3.05) is 0 Å². The van der Waals surface area contributed by atoms with Crippen LogP contribution in [0.25, 0.3) is 0 Å². The van der Waals surface area contributed by atoms with Crippen LogP contribution in [0.5, 0.6) is 0 Å². The van der Waals surface area contributed by atoms with Crippen molar-refractivity contribution in [2.24, 2.45) is 5.92 Å². The van der Waals surface area contributed by atoms with E-state index in [2.05, 4.69) is 15.4 Å². The number of nitrogens with one attached hydrogen (secondary N) is 1. The summed E-state index contributed by atoms with van der Waals surface area (Å²) >= 11 is 0. The summed E-state index contributed by atoms with van der Waals surface area (Å²) < 4.78 is 6.58. The summed E-state index contributed by atoms with van der Waals surface area (Å²) in [6.45, 7) is 0.0871. The Balaban J connectivity index is 1.69. The zero-order valence-corrected chi connectivity index (χ0v) is 13.0. The van der Waals surface area contributed by atoms with Gasteiger partial charge in [0.1, 0.15) is 19.3 Å². The number of carboxylic acid groups (broad SMARTS) is 1. The predicted octanol–water partition coefficient (Wildman–Crippen LogP) is 1.44. The molecule has 0 spiro atoms. The first-order valence-electron chi connectivity index (χ1n) is 7.65. The zero-order chi connectivity index (χ0) is 17.0. The van der Waals surface area contributed by atoms with Crippen LogP contribution in [0.4, 0.5) is 4.79 Å². The molecule has 2 N–H and O–H groups in total. The molecule has 1 fully saturated rings. The molecule has 0 radical (unpaired) electrons. The van der Waals surface area contributed by atoms with E-state index in [-0.39, 0.29) is 19.1 Å². The second-order valence-corrected chi connectivity index (χ2v) is 5.83. The van der Waals surface area contributed by atoms with Crippen molar-refractivity contribution in [3.05, 3.63) is 48.5 Å². The molecule has 24 heavy (non-hydrogen) atoms. The lowest BCUT2D eigenvalue weighted by Crippen LogP contribution is -2.59. The molecule has 1 aliphatic carbocycles. The van der Waals surface area contributed by atoms with Crippen molar-refractivity contribution < 1.29 is 19.4 Å². The van der Waals surface area contributed by atoms with Crippen molar-refractivity contribution in [3.63, 3.8) is 0 Å². The lowest BCUT2D eigenvalue weighted by Gasteiger charge is -2.30. The minimum atomic E-state index is -1.44. The van der Waals surface area contributed by atoms with E-state index in [4.69, 9.17) is 4.74 Å². The Morgan fingerprint density at radius 2 is 2.08 bits per heavy atom. The van der Waals surface area contributed by atoms with Crippen LogP contribution in [0.3, 0.4) is 0 Å². The molecule has 1 unspecified atom stereocenters. The van der Waals surface area contributed by atoms with Crippen molar-refractivity contribution in [2.45, 2.75) is 31.5 Å². The second-order valence-electron chi connectivity index (χ2n) is 5.83. The molecule has 1 atom stereocenters. The molecule has 126 valence electrons. The largest absolute Gasteiger partial charge is 0.479 e. The van der Waals surface area contributed by atoms with E-state index < -0.39 is 17.6 Å². The van der Waals surface area contributed by atoms with Gasteiger partial charge in [-0.2, -0.15) is 5.10 Å². The molecule has 1 heterocycles. The minimum Gasteiger partial charge on any atom is -0.479 e. The zero-order valence-electron chi connectivity index (χ0n) is 13.0. The first-order chi connectivity index (χ1) is 11.6. The third kappa shape index (κ3) is 3.53. The van der Waals surface area contributed by atoms with Crippen LogP contribution in [0.15, 0.2) is 43.0 Å². The fraction of sp³-hybridized carbons (Fsp3) is 0.375. The number of hydrogen-bond acceptors (Lipinski definition) is 5. The molecule has 1 aromatic heterocycles. The van der Waals surface area contributed by atoms with Crippen LogP contribution in [-0.2, 0) is 22.7 Å². The average Bonchev–Trinajstić information content (AvgIpc) is 3.32. The van der Waals surface area contributed by atoms with Crippen molar-refractivity contribution in [1.82, 2.24) is 20.1 Å². The SMILES string of the molecule is O=C(NC(Cn1cncn1)(C(=O)O)C1CC1)OCc1ccccc1. The molecule has 0 aliphatic heterocycles. The van der Waals surface area contributed by atoms with Gasteiger partial charge in [-0.05, 0) is 24.3 Å². The number of aromatic nitrogens is 3. The molecule has 1 amide bonds. The Morgan fingerprint density at radius 3 is 2.67 bits per heavy atom. The first kappa shape index (κ1) is 16.0. The normalized spacial score (nSPS) is 16.2. The summed E-state index contributed by atoms with van der Waals surface area (Å²) in [4.78, 5) is 27.9. The summed E-state index contributed by atoms with van der Waals surface area (Å²) in [7, 11) is 0. The second kappa shape index (κ2) is 6.69. The van der Waals surface area contributed by atoms with Gasteiger partial charge in [0, 0.05) is 0 Å². The average molecular weight is 330 g/mol. The van der Waals surface area contributed by atoms with Gasteiger partial charge < -0.3 is 15.2 Å². The van der Waals surface area contributed by atoms with E-state index >= 15 is 0 Å². The van der Waals surface area contributed by atoms with Gasteiger partial charge in [0.25, 0.3) is 0 Å². The Bertz CT molecular complexity index is 700. The Morgan fingerprint density at radius 1 is 1.33 bits per heavy atom. The summed E-state index contributed by atoms with van der Waals surface area (Å²) in [6, 6.07) is 9.20. The molecule has 0 bridgehead atoms. The van der Waals surface area contributed by atoms with Crippen LogP contribution in [0.1, 0.15) is 18.4 Å². The number of benzene rings is 1. The van der Waals surface area contributed by atoms with Crippen LogP contribution < -0.4 is 5.32 Å². The lowest BCUT2D eigenvalue weighted by molar-refractivity contribution is -0.146. The number of aliphatic carboxylic acids is 1. The number of carbonyl (C=O) groups is 2. The smallest absolute Gasteiger partial charge is 0.408 e. The summed E-state index contributed by atoms with van der Waals surface area (Å²) in [5, 5.41) is 16.2. The monoisotopic (exact) mass is 330 g/mol. The number of alkyl carbamates (subject to hydrolysis) is 1. The Labute approximate surface area is 138 Å². The highest BCUT2D eigenvalue weighted by atomic mass is 16.5. The first-order valence-corrected chi connectivity index (χ1v) is 7.65. The maximum atomic E-state index is 12.2. The molecule has 8 nitrogen and oxygen atoms in total. The van der Waals surface area contributed by atoms with Gasteiger partial charge in [0.05, 0.1) is 6.54 Å².